The van der Waals surface area contributed by atoms with Crippen molar-refractivity contribution in [2.24, 2.45) is 0 Å². The molecule has 1 saturated heterocycles. The number of aromatic amines is 1. The van der Waals surface area contributed by atoms with Crippen LogP contribution in [0.2, 0.25) is 0 Å². The number of nitrogens with zero attached hydrogens (tertiary/aromatic N) is 1. The smallest absolute Gasteiger partial charge is 0.268 e. The third-order valence-corrected chi connectivity index (χ3v) is 7.36. The predicted molar refractivity (Wildman–Crippen MR) is 150 cm³/mol. The molecule has 3 heterocycles. The summed E-state index contributed by atoms with van der Waals surface area (Å²) in [6.07, 6.45) is 2.47. The van der Waals surface area contributed by atoms with Gasteiger partial charge in [-0.15, -0.1) is 0 Å². The molecule has 38 heavy (non-hydrogen) atoms. The first-order valence-electron chi connectivity index (χ1n) is 12.7. The molecule has 3 N–H and O–H groups in total. The number of nitrogens with one attached hydrogen (secondary N) is 3. The predicted octanol–water partition coefficient (Wildman–Crippen LogP) is 4.26. The molecule has 196 valence electrons. The molecule has 2 aromatic carbocycles. The fourth-order valence-electron chi connectivity index (χ4n) is 4.85. The highest BCUT2D eigenvalue weighted by Crippen LogP contribution is 2.36. The Morgan fingerprint density at radius 2 is 1.89 bits per heavy atom. The van der Waals surface area contributed by atoms with Crippen LogP contribution in [0.3, 0.4) is 0 Å². The minimum absolute atomic E-state index is 0.217. The Morgan fingerprint density at radius 1 is 1.13 bits per heavy atom. The van der Waals surface area contributed by atoms with Crippen LogP contribution in [0.1, 0.15) is 49.7 Å². The summed E-state index contributed by atoms with van der Waals surface area (Å²) < 4.78 is 6.22. The molecule has 0 atom stereocenters. The largest absolute Gasteiger partial charge is 0.379 e. The van der Waals surface area contributed by atoms with Gasteiger partial charge in [0.05, 0.1) is 30.0 Å². The van der Waals surface area contributed by atoms with E-state index in [1.165, 1.54) is 0 Å². The molecule has 0 spiro atoms. The fourth-order valence-corrected chi connectivity index (χ4v) is 5.21. The summed E-state index contributed by atoms with van der Waals surface area (Å²) in [7, 11) is 0. The van der Waals surface area contributed by atoms with Crippen LogP contribution >= 0.6 is 15.9 Å². The zero-order chi connectivity index (χ0) is 26.6. The zero-order valence-electron chi connectivity index (χ0n) is 21.1. The van der Waals surface area contributed by atoms with Crippen LogP contribution in [0.25, 0.3) is 11.6 Å². The topological polar surface area (TPSA) is 104 Å². The second kappa shape index (κ2) is 11.5. The standard InChI is InChI=1S/C29H29BrN4O4/c1-18-25(27(35)19-6-3-2-4-7-19)24(17-22-21-16-20(30)8-9-23(21)33-28(22)36)32-26(18)29(37)31-10-5-11-34-12-14-38-15-13-34/h2-4,6-9,16-17,32H,5,10-15H2,1H3,(H,31,37)(H,33,36). The molecule has 3 aromatic rings. The van der Waals surface area contributed by atoms with E-state index in [1.807, 2.05) is 24.3 Å². The van der Waals surface area contributed by atoms with Crippen LogP contribution in [0.15, 0.2) is 53.0 Å². The van der Waals surface area contributed by atoms with E-state index in [1.54, 1.807) is 37.3 Å². The van der Waals surface area contributed by atoms with Crippen molar-refractivity contribution in [1.29, 1.82) is 0 Å². The van der Waals surface area contributed by atoms with Crippen molar-refractivity contribution in [2.75, 3.05) is 44.7 Å². The van der Waals surface area contributed by atoms with Crippen LogP contribution in [0, 0.1) is 6.92 Å². The Bertz CT molecular complexity index is 1410. The number of halogens is 1. The summed E-state index contributed by atoms with van der Waals surface area (Å²) >= 11 is 3.47. The molecule has 1 aromatic heterocycles. The number of rotatable bonds is 8. The maximum atomic E-state index is 13.6. The summed E-state index contributed by atoms with van der Waals surface area (Å²) in [5.41, 5.74) is 4.00. The van der Waals surface area contributed by atoms with Gasteiger partial charge in [-0.05, 0) is 49.7 Å². The lowest BCUT2D eigenvalue weighted by atomic mass is 9.97. The van der Waals surface area contributed by atoms with Gasteiger partial charge in [-0.2, -0.15) is 0 Å². The number of hydrogen-bond acceptors (Lipinski definition) is 5. The van der Waals surface area contributed by atoms with Gasteiger partial charge >= 0.3 is 0 Å². The van der Waals surface area contributed by atoms with Crippen molar-refractivity contribution in [2.45, 2.75) is 13.3 Å². The Kier molecular flexibility index (Phi) is 7.87. The summed E-state index contributed by atoms with van der Waals surface area (Å²) in [6, 6.07) is 14.5. The van der Waals surface area contributed by atoms with Crippen LogP contribution in [0.4, 0.5) is 5.69 Å². The summed E-state index contributed by atoms with van der Waals surface area (Å²) in [5.74, 6) is -0.765. The Hall–Kier alpha value is -3.53. The lowest BCUT2D eigenvalue weighted by molar-refractivity contribution is -0.110. The van der Waals surface area contributed by atoms with Crippen molar-refractivity contribution in [3.05, 3.63) is 86.6 Å². The van der Waals surface area contributed by atoms with Gasteiger partial charge in [0, 0.05) is 40.9 Å². The van der Waals surface area contributed by atoms with Crippen LogP contribution in [0.5, 0.6) is 0 Å². The van der Waals surface area contributed by atoms with Crippen molar-refractivity contribution >= 4 is 50.9 Å². The summed E-state index contributed by atoms with van der Waals surface area (Å²) in [6.45, 7) is 6.44. The Labute approximate surface area is 229 Å². The van der Waals surface area contributed by atoms with E-state index in [-0.39, 0.29) is 17.6 Å². The average Bonchev–Trinajstić information content (AvgIpc) is 3.42. The first kappa shape index (κ1) is 26.1. The number of fused-ring (bicyclic) bond motifs is 1. The number of aromatic nitrogens is 1. The lowest BCUT2D eigenvalue weighted by Gasteiger charge is -2.26. The normalized spacial score (nSPS) is 16.4. The second-order valence-corrected chi connectivity index (χ2v) is 10.3. The number of ketones is 1. The Morgan fingerprint density at radius 3 is 2.66 bits per heavy atom. The minimum atomic E-state index is -0.282. The number of carbonyl (C=O) groups is 3. The van der Waals surface area contributed by atoms with E-state index in [0.29, 0.717) is 45.9 Å². The van der Waals surface area contributed by atoms with E-state index >= 15 is 0 Å². The van der Waals surface area contributed by atoms with E-state index in [2.05, 4.69) is 36.4 Å². The molecule has 2 aliphatic heterocycles. The van der Waals surface area contributed by atoms with Gasteiger partial charge in [0.15, 0.2) is 5.78 Å². The minimum Gasteiger partial charge on any atom is -0.379 e. The number of morpholine rings is 1. The maximum Gasteiger partial charge on any atom is 0.268 e. The van der Waals surface area contributed by atoms with Gasteiger partial charge in [0.25, 0.3) is 11.8 Å². The first-order valence-corrected chi connectivity index (χ1v) is 13.5. The van der Waals surface area contributed by atoms with Crippen molar-refractivity contribution in [3.8, 4) is 0 Å². The maximum absolute atomic E-state index is 13.6. The molecule has 9 heteroatoms. The van der Waals surface area contributed by atoms with Gasteiger partial charge in [-0.25, -0.2) is 0 Å². The molecule has 2 aliphatic rings. The van der Waals surface area contributed by atoms with Crippen LogP contribution in [-0.4, -0.2) is 66.9 Å². The molecule has 1 fully saturated rings. The molecule has 5 rings (SSSR count). The highest BCUT2D eigenvalue weighted by molar-refractivity contribution is 9.10. The molecule has 0 saturated carbocycles. The monoisotopic (exact) mass is 576 g/mol. The molecular formula is C29H29BrN4O4. The Balaban J connectivity index is 1.44. The molecular weight excluding hydrogens is 548 g/mol. The third-order valence-electron chi connectivity index (χ3n) is 6.86. The number of hydrogen-bond donors (Lipinski definition) is 3. The van der Waals surface area contributed by atoms with E-state index in [0.717, 1.165) is 49.3 Å². The van der Waals surface area contributed by atoms with Gasteiger partial charge < -0.3 is 20.4 Å². The van der Waals surface area contributed by atoms with Crippen LogP contribution in [-0.2, 0) is 9.53 Å². The van der Waals surface area contributed by atoms with Crippen molar-refractivity contribution in [1.82, 2.24) is 15.2 Å². The lowest BCUT2D eigenvalue weighted by Crippen LogP contribution is -2.38. The van der Waals surface area contributed by atoms with Crippen LogP contribution < -0.4 is 10.6 Å². The van der Waals surface area contributed by atoms with E-state index < -0.39 is 0 Å². The highest BCUT2D eigenvalue weighted by Gasteiger charge is 2.28. The van der Waals surface area contributed by atoms with Crippen molar-refractivity contribution < 1.29 is 19.1 Å². The molecule has 0 radical (unpaired) electrons. The van der Waals surface area contributed by atoms with Gasteiger partial charge in [0.1, 0.15) is 5.69 Å². The number of benzene rings is 2. The quantitative estimate of drug-likeness (QED) is 0.211. The summed E-state index contributed by atoms with van der Waals surface area (Å²) in [5, 5.41) is 5.84. The molecule has 0 aliphatic carbocycles. The average molecular weight is 577 g/mol. The second-order valence-electron chi connectivity index (χ2n) is 9.37. The fraction of sp³-hybridized carbons (Fsp3) is 0.276. The zero-order valence-corrected chi connectivity index (χ0v) is 22.7. The number of H-pyrrole nitrogens is 1. The number of amides is 2. The number of anilines is 1. The molecule has 8 nitrogen and oxygen atoms in total. The first-order chi connectivity index (χ1) is 18.4. The van der Waals surface area contributed by atoms with Gasteiger partial charge in [-0.1, -0.05) is 46.3 Å². The molecule has 0 unspecified atom stereocenters. The van der Waals surface area contributed by atoms with Gasteiger partial charge in [-0.3, -0.25) is 19.3 Å². The molecule has 0 bridgehead atoms. The number of ether oxygens (including phenoxy) is 1. The van der Waals surface area contributed by atoms with Crippen molar-refractivity contribution in [3.63, 3.8) is 0 Å². The van der Waals surface area contributed by atoms with E-state index in [4.69, 9.17) is 4.74 Å². The number of carbonyl (C=O) groups excluding carboxylic acids is 3. The molecule has 2 amide bonds. The SMILES string of the molecule is Cc1c(C(=O)NCCCN2CCOCC2)[nH]c(C=C2C(=O)Nc3ccc(Br)cc32)c1C(=O)c1ccccc1. The van der Waals surface area contributed by atoms with E-state index in [9.17, 15) is 14.4 Å². The third kappa shape index (κ3) is 5.50. The highest BCUT2D eigenvalue weighted by atomic mass is 79.9. The van der Waals surface area contributed by atoms with Gasteiger partial charge in [0.2, 0.25) is 0 Å². The summed E-state index contributed by atoms with van der Waals surface area (Å²) in [4.78, 5) is 45.1.